The predicted molar refractivity (Wildman–Crippen MR) is 72.1 cm³/mol. The van der Waals surface area contributed by atoms with Crippen molar-refractivity contribution in [2.24, 2.45) is 0 Å². The minimum atomic E-state index is -0.0811. The monoisotopic (exact) mass is 239 g/mol. The van der Waals surface area contributed by atoms with Crippen molar-refractivity contribution in [2.45, 2.75) is 95.9 Å². The van der Waals surface area contributed by atoms with Gasteiger partial charge in [-0.15, -0.1) is 0 Å². The van der Waals surface area contributed by atoms with Crippen LogP contribution in [0.2, 0.25) is 0 Å². The third-order valence-corrected chi connectivity index (χ3v) is 4.75. The van der Waals surface area contributed by atoms with E-state index in [0.717, 1.165) is 24.9 Å². The van der Waals surface area contributed by atoms with Gasteiger partial charge in [-0.2, -0.15) is 0 Å². The minimum absolute atomic E-state index is 0.0811. The third-order valence-electron chi connectivity index (χ3n) is 4.75. The van der Waals surface area contributed by atoms with Gasteiger partial charge >= 0.3 is 0 Å². The Hall–Kier alpha value is -0.0800. The van der Waals surface area contributed by atoms with Crippen molar-refractivity contribution >= 4 is 0 Å². The number of aliphatic hydroxyl groups is 1. The maximum absolute atomic E-state index is 10.3. The molecule has 100 valence electrons. The van der Waals surface area contributed by atoms with E-state index >= 15 is 0 Å². The summed E-state index contributed by atoms with van der Waals surface area (Å²) in [4.78, 5) is 2.72. The van der Waals surface area contributed by atoms with Crippen molar-refractivity contribution in [1.29, 1.82) is 0 Å². The maximum Gasteiger partial charge on any atom is 0.0695 e. The largest absolute Gasteiger partial charge is 0.391 e. The summed E-state index contributed by atoms with van der Waals surface area (Å²) >= 11 is 0. The first-order valence-corrected chi connectivity index (χ1v) is 7.73. The fourth-order valence-electron chi connectivity index (χ4n) is 4.04. The second-order valence-corrected chi connectivity index (χ2v) is 5.98. The molecule has 2 nitrogen and oxygen atoms in total. The summed E-state index contributed by atoms with van der Waals surface area (Å²) in [5.41, 5.74) is 0. The summed E-state index contributed by atoms with van der Waals surface area (Å²) in [7, 11) is 0. The fourth-order valence-corrected chi connectivity index (χ4v) is 4.04. The standard InChI is InChI=1S/C15H29NO/c1-3-6-12-8-5-9-13-10-11-14(16(12)13)15(17)7-4-2/h12-15,17H,3-11H2,1-2H3/t12-,13-,14-,15-/m1/s1. The average molecular weight is 239 g/mol. The van der Waals surface area contributed by atoms with Gasteiger partial charge in [0.05, 0.1) is 6.10 Å². The molecule has 0 unspecified atom stereocenters. The summed E-state index contributed by atoms with van der Waals surface area (Å²) in [6.45, 7) is 4.46. The van der Waals surface area contributed by atoms with Crippen molar-refractivity contribution < 1.29 is 5.11 Å². The van der Waals surface area contributed by atoms with Crippen LogP contribution < -0.4 is 0 Å². The summed E-state index contributed by atoms with van der Waals surface area (Å²) in [6, 6.07) is 2.02. The van der Waals surface area contributed by atoms with Gasteiger partial charge in [0, 0.05) is 18.1 Å². The lowest BCUT2D eigenvalue weighted by Gasteiger charge is -2.42. The topological polar surface area (TPSA) is 23.5 Å². The SMILES string of the molecule is CCC[C@@H]1CCC[C@@H]2CC[C@H]([C@H](O)CCC)N12. The zero-order valence-corrected chi connectivity index (χ0v) is 11.6. The summed E-state index contributed by atoms with van der Waals surface area (Å²) < 4.78 is 0. The quantitative estimate of drug-likeness (QED) is 0.795. The first-order valence-electron chi connectivity index (χ1n) is 7.73. The van der Waals surface area contributed by atoms with Gasteiger partial charge in [-0.25, -0.2) is 0 Å². The van der Waals surface area contributed by atoms with Crippen LogP contribution in [-0.4, -0.2) is 34.2 Å². The molecule has 17 heavy (non-hydrogen) atoms. The zero-order chi connectivity index (χ0) is 12.3. The molecule has 2 fully saturated rings. The molecular weight excluding hydrogens is 210 g/mol. The Kier molecular flexibility index (Phi) is 4.87. The van der Waals surface area contributed by atoms with Gasteiger partial charge in [-0.1, -0.05) is 33.1 Å². The fraction of sp³-hybridized carbons (Fsp3) is 1.00. The number of fused-ring (bicyclic) bond motifs is 1. The van der Waals surface area contributed by atoms with Gasteiger partial charge in [0.2, 0.25) is 0 Å². The first-order chi connectivity index (χ1) is 8.27. The van der Waals surface area contributed by atoms with Gasteiger partial charge in [-0.05, 0) is 38.5 Å². The molecule has 4 atom stereocenters. The molecule has 2 heterocycles. The van der Waals surface area contributed by atoms with Crippen molar-refractivity contribution in [2.75, 3.05) is 0 Å². The molecule has 0 aliphatic carbocycles. The van der Waals surface area contributed by atoms with Gasteiger partial charge in [-0.3, -0.25) is 4.90 Å². The van der Waals surface area contributed by atoms with Crippen LogP contribution in [0.5, 0.6) is 0 Å². The van der Waals surface area contributed by atoms with E-state index in [1.54, 1.807) is 0 Å². The normalized spacial score (nSPS) is 35.8. The van der Waals surface area contributed by atoms with Crippen LogP contribution in [0.25, 0.3) is 0 Å². The van der Waals surface area contributed by atoms with E-state index in [9.17, 15) is 5.11 Å². The molecule has 0 aromatic carbocycles. The van der Waals surface area contributed by atoms with Crippen LogP contribution in [-0.2, 0) is 0 Å². The summed E-state index contributed by atoms with van der Waals surface area (Å²) in [5, 5.41) is 10.3. The van der Waals surface area contributed by atoms with E-state index in [1.807, 2.05) is 0 Å². The van der Waals surface area contributed by atoms with E-state index in [0.29, 0.717) is 6.04 Å². The van der Waals surface area contributed by atoms with Crippen molar-refractivity contribution in [3.63, 3.8) is 0 Å². The second-order valence-electron chi connectivity index (χ2n) is 5.98. The first kappa shape index (κ1) is 13.4. The third kappa shape index (κ3) is 2.85. The lowest BCUT2D eigenvalue weighted by atomic mass is 9.93. The Morgan fingerprint density at radius 2 is 1.94 bits per heavy atom. The van der Waals surface area contributed by atoms with Gasteiger partial charge in [0.15, 0.2) is 0 Å². The van der Waals surface area contributed by atoms with Crippen LogP contribution in [0.1, 0.15) is 71.6 Å². The highest BCUT2D eigenvalue weighted by atomic mass is 16.3. The molecule has 0 radical (unpaired) electrons. The molecule has 0 aromatic rings. The highest BCUT2D eigenvalue weighted by Gasteiger charge is 2.42. The highest BCUT2D eigenvalue weighted by Crippen LogP contribution is 2.38. The molecule has 1 N–H and O–H groups in total. The number of aliphatic hydroxyl groups excluding tert-OH is 1. The molecule has 2 saturated heterocycles. The van der Waals surface area contributed by atoms with E-state index < -0.39 is 0 Å². The molecule has 2 aliphatic rings. The summed E-state index contributed by atoms with van der Waals surface area (Å²) in [5.74, 6) is 0. The number of rotatable bonds is 5. The number of hydrogen-bond acceptors (Lipinski definition) is 2. The van der Waals surface area contributed by atoms with Crippen LogP contribution >= 0.6 is 0 Å². The van der Waals surface area contributed by atoms with Crippen molar-refractivity contribution in [3.8, 4) is 0 Å². The maximum atomic E-state index is 10.3. The molecule has 2 aliphatic heterocycles. The number of hydrogen-bond donors (Lipinski definition) is 1. The number of piperidine rings is 1. The second kappa shape index (κ2) is 6.19. The molecule has 0 spiro atoms. The van der Waals surface area contributed by atoms with Crippen LogP contribution in [0.4, 0.5) is 0 Å². The number of nitrogens with zero attached hydrogens (tertiary/aromatic N) is 1. The van der Waals surface area contributed by atoms with Crippen LogP contribution in [0.15, 0.2) is 0 Å². The Morgan fingerprint density at radius 1 is 1.12 bits per heavy atom. The molecule has 0 bridgehead atoms. The van der Waals surface area contributed by atoms with Crippen molar-refractivity contribution in [3.05, 3.63) is 0 Å². The lowest BCUT2D eigenvalue weighted by molar-refractivity contribution is 0.00369. The molecule has 2 rings (SSSR count). The molecule has 0 saturated carbocycles. The lowest BCUT2D eigenvalue weighted by Crippen LogP contribution is -2.50. The molecule has 2 heteroatoms. The highest BCUT2D eigenvalue weighted by molar-refractivity contribution is 4.97. The Balaban J connectivity index is 2.02. The Labute approximate surface area is 106 Å². The minimum Gasteiger partial charge on any atom is -0.391 e. The Bertz CT molecular complexity index is 229. The van der Waals surface area contributed by atoms with Gasteiger partial charge in [0.25, 0.3) is 0 Å². The van der Waals surface area contributed by atoms with Gasteiger partial charge in [0.1, 0.15) is 0 Å². The van der Waals surface area contributed by atoms with Crippen LogP contribution in [0.3, 0.4) is 0 Å². The van der Waals surface area contributed by atoms with Crippen LogP contribution in [0, 0.1) is 0 Å². The zero-order valence-electron chi connectivity index (χ0n) is 11.6. The van der Waals surface area contributed by atoms with E-state index in [4.69, 9.17) is 0 Å². The van der Waals surface area contributed by atoms with Gasteiger partial charge < -0.3 is 5.11 Å². The van der Waals surface area contributed by atoms with Crippen molar-refractivity contribution in [1.82, 2.24) is 4.90 Å². The molecular formula is C15H29NO. The van der Waals surface area contributed by atoms with E-state index in [1.165, 1.54) is 44.9 Å². The average Bonchev–Trinajstić information content (AvgIpc) is 2.74. The van der Waals surface area contributed by atoms with E-state index in [2.05, 4.69) is 18.7 Å². The Morgan fingerprint density at radius 3 is 2.65 bits per heavy atom. The predicted octanol–water partition coefficient (Wildman–Crippen LogP) is 3.33. The smallest absolute Gasteiger partial charge is 0.0695 e. The summed E-state index contributed by atoms with van der Waals surface area (Å²) in [6.07, 6.45) is 11.3. The molecule has 0 amide bonds. The van der Waals surface area contributed by atoms with E-state index in [-0.39, 0.29) is 6.10 Å². The molecule has 0 aromatic heterocycles.